The third-order valence-electron chi connectivity index (χ3n) is 4.10. The van der Waals surface area contributed by atoms with E-state index in [-0.39, 0.29) is 11.8 Å². The molecule has 1 atom stereocenters. The maximum Gasteiger partial charge on any atom is 0.160 e. The van der Waals surface area contributed by atoms with E-state index in [4.69, 9.17) is 4.74 Å². The van der Waals surface area contributed by atoms with Crippen molar-refractivity contribution >= 4 is 11.4 Å². The molecule has 0 fully saturated rings. The first-order valence-corrected chi connectivity index (χ1v) is 7.52. The van der Waals surface area contributed by atoms with Crippen molar-refractivity contribution in [3.8, 4) is 11.5 Å². The predicted molar refractivity (Wildman–Crippen MR) is 93.7 cm³/mol. The van der Waals surface area contributed by atoms with Crippen LogP contribution in [0.15, 0.2) is 59.1 Å². The van der Waals surface area contributed by atoms with E-state index in [1.807, 2.05) is 24.3 Å². The van der Waals surface area contributed by atoms with Gasteiger partial charge in [-0.1, -0.05) is 24.3 Å². The van der Waals surface area contributed by atoms with Gasteiger partial charge in [-0.05, 0) is 42.3 Å². The van der Waals surface area contributed by atoms with Crippen molar-refractivity contribution < 1.29 is 9.84 Å². The van der Waals surface area contributed by atoms with Crippen LogP contribution in [0.2, 0.25) is 0 Å². The van der Waals surface area contributed by atoms with Crippen molar-refractivity contribution in [3.63, 3.8) is 0 Å². The van der Waals surface area contributed by atoms with Crippen LogP contribution in [-0.4, -0.2) is 25.0 Å². The Kier molecular flexibility index (Phi) is 4.06. The molecule has 0 saturated carbocycles. The third kappa shape index (κ3) is 2.80. The summed E-state index contributed by atoms with van der Waals surface area (Å²) in [4.78, 5) is 4.41. The summed E-state index contributed by atoms with van der Waals surface area (Å²) in [6, 6.07) is 13.6. The number of phenolic OH excluding ortho intramolecular Hbond substituents is 1. The fraction of sp³-hybridized carbons (Fsp3) is 0.211. The van der Waals surface area contributed by atoms with Gasteiger partial charge in [0.1, 0.15) is 0 Å². The van der Waals surface area contributed by atoms with Crippen LogP contribution in [-0.2, 0) is 0 Å². The fourth-order valence-corrected chi connectivity index (χ4v) is 2.88. The van der Waals surface area contributed by atoms with Crippen molar-refractivity contribution in [1.29, 1.82) is 0 Å². The van der Waals surface area contributed by atoms with Gasteiger partial charge in [0, 0.05) is 18.3 Å². The molecule has 0 radical (unpaired) electrons. The Bertz CT molecular complexity index is 794. The molecule has 118 valence electrons. The standard InChI is InChI=1S/C19H20N2O2/c1-12-10-16(20-2)14-6-4-5-7-15(14)21-19(12)13-8-9-17(22)18(11-13)23-3/h4-11,19,21-22H,1-3H3. The number of allylic oxidation sites excluding steroid dienone is 1. The number of aliphatic imine (C=N–C) groups is 1. The summed E-state index contributed by atoms with van der Waals surface area (Å²) >= 11 is 0. The monoisotopic (exact) mass is 308 g/mol. The molecule has 1 unspecified atom stereocenters. The molecule has 0 amide bonds. The van der Waals surface area contributed by atoms with E-state index in [2.05, 4.69) is 35.4 Å². The van der Waals surface area contributed by atoms with Gasteiger partial charge in [0.2, 0.25) is 0 Å². The number of benzene rings is 2. The van der Waals surface area contributed by atoms with E-state index in [1.165, 1.54) is 0 Å². The summed E-state index contributed by atoms with van der Waals surface area (Å²) in [6.07, 6.45) is 2.10. The highest BCUT2D eigenvalue weighted by molar-refractivity contribution is 6.13. The van der Waals surface area contributed by atoms with Gasteiger partial charge < -0.3 is 15.2 Å². The Morgan fingerprint density at radius 1 is 1.17 bits per heavy atom. The SMILES string of the molecule is CN=C1C=C(C)C(c2ccc(O)c(OC)c2)Nc2ccccc21. The number of hydrogen-bond donors (Lipinski definition) is 2. The van der Waals surface area contributed by atoms with Crippen LogP contribution in [0.25, 0.3) is 0 Å². The Morgan fingerprint density at radius 3 is 2.70 bits per heavy atom. The Hall–Kier alpha value is -2.75. The smallest absolute Gasteiger partial charge is 0.160 e. The van der Waals surface area contributed by atoms with E-state index in [0.29, 0.717) is 5.75 Å². The van der Waals surface area contributed by atoms with Gasteiger partial charge >= 0.3 is 0 Å². The van der Waals surface area contributed by atoms with Gasteiger partial charge in [-0.15, -0.1) is 0 Å². The molecule has 4 heteroatoms. The topological polar surface area (TPSA) is 53.9 Å². The molecule has 0 spiro atoms. The number of rotatable bonds is 2. The lowest BCUT2D eigenvalue weighted by molar-refractivity contribution is 0.373. The van der Waals surface area contributed by atoms with Crippen LogP contribution in [0.1, 0.15) is 24.1 Å². The number of ether oxygens (including phenoxy) is 1. The largest absolute Gasteiger partial charge is 0.504 e. The molecule has 2 aromatic rings. The second-order valence-electron chi connectivity index (χ2n) is 5.55. The zero-order valence-electron chi connectivity index (χ0n) is 13.5. The highest BCUT2D eigenvalue weighted by Crippen LogP contribution is 2.36. The number of methoxy groups -OCH3 is 1. The summed E-state index contributed by atoms with van der Waals surface area (Å²) < 4.78 is 5.23. The first-order valence-electron chi connectivity index (χ1n) is 7.52. The van der Waals surface area contributed by atoms with Gasteiger partial charge in [-0.2, -0.15) is 0 Å². The fourth-order valence-electron chi connectivity index (χ4n) is 2.88. The molecule has 4 nitrogen and oxygen atoms in total. The molecule has 23 heavy (non-hydrogen) atoms. The highest BCUT2D eigenvalue weighted by atomic mass is 16.5. The summed E-state index contributed by atoms with van der Waals surface area (Å²) in [5.74, 6) is 0.613. The molecule has 1 heterocycles. The number of anilines is 1. The van der Waals surface area contributed by atoms with Crippen LogP contribution in [0.3, 0.4) is 0 Å². The molecule has 1 aliphatic rings. The predicted octanol–water partition coefficient (Wildman–Crippen LogP) is 3.93. The van der Waals surface area contributed by atoms with Gasteiger partial charge in [0.05, 0.1) is 18.9 Å². The zero-order chi connectivity index (χ0) is 16.4. The first kappa shape index (κ1) is 15.2. The molecule has 0 saturated heterocycles. The van der Waals surface area contributed by atoms with Gasteiger partial charge in [0.25, 0.3) is 0 Å². The van der Waals surface area contributed by atoms with Crippen LogP contribution < -0.4 is 10.1 Å². The number of hydrogen-bond acceptors (Lipinski definition) is 4. The summed E-state index contributed by atoms with van der Waals surface area (Å²) in [7, 11) is 3.36. The molecule has 3 rings (SSSR count). The van der Waals surface area contributed by atoms with Crippen molar-refractivity contribution in [2.75, 3.05) is 19.5 Å². The average Bonchev–Trinajstić information content (AvgIpc) is 2.72. The van der Waals surface area contributed by atoms with Crippen molar-refractivity contribution in [1.82, 2.24) is 0 Å². The van der Waals surface area contributed by atoms with Crippen LogP contribution in [0, 0.1) is 0 Å². The Morgan fingerprint density at radius 2 is 1.96 bits per heavy atom. The van der Waals surface area contributed by atoms with Crippen molar-refractivity contribution in [3.05, 3.63) is 65.2 Å². The summed E-state index contributed by atoms with van der Waals surface area (Å²) in [6.45, 7) is 2.08. The summed E-state index contributed by atoms with van der Waals surface area (Å²) in [5, 5.41) is 13.4. The second kappa shape index (κ2) is 6.16. The first-order chi connectivity index (χ1) is 11.1. The number of nitrogens with one attached hydrogen (secondary N) is 1. The van der Waals surface area contributed by atoms with E-state index in [1.54, 1.807) is 20.2 Å². The Balaban J connectivity index is 2.10. The van der Waals surface area contributed by atoms with Crippen LogP contribution in [0.4, 0.5) is 5.69 Å². The molecule has 0 aromatic heterocycles. The zero-order valence-corrected chi connectivity index (χ0v) is 13.5. The number of fused-ring (bicyclic) bond motifs is 1. The van der Waals surface area contributed by atoms with E-state index >= 15 is 0 Å². The van der Waals surface area contributed by atoms with Gasteiger partial charge in [-0.25, -0.2) is 0 Å². The molecular formula is C19H20N2O2. The minimum atomic E-state index is -0.00935. The minimum Gasteiger partial charge on any atom is -0.504 e. The highest BCUT2D eigenvalue weighted by Gasteiger charge is 2.21. The lowest BCUT2D eigenvalue weighted by Crippen LogP contribution is -2.11. The summed E-state index contributed by atoms with van der Waals surface area (Å²) in [5.41, 5.74) is 5.26. The molecular weight excluding hydrogens is 288 g/mol. The van der Waals surface area contributed by atoms with Crippen LogP contribution in [0.5, 0.6) is 11.5 Å². The molecule has 1 aliphatic heterocycles. The molecule has 0 bridgehead atoms. The normalized spacial score (nSPS) is 18.7. The van der Waals surface area contributed by atoms with E-state index in [9.17, 15) is 5.11 Å². The van der Waals surface area contributed by atoms with Crippen molar-refractivity contribution in [2.24, 2.45) is 4.99 Å². The number of phenols is 1. The molecule has 2 aromatic carbocycles. The lowest BCUT2D eigenvalue weighted by atomic mass is 9.99. The van der Waals surface area contributed by atoms with Gasteiger partial charge in [0.15, 0.2) is 11.5 Å². The van der Waals surface area contributed by atoms with Crippen LogP contribution >= 0.6 is 0 Å². The van der Waals surface area contributed by atoms with Gasteiger partial charge in [-0.3, -0.25) is 4.99 Å². The second-order valence-corrected chi connectivity index (χ2v) is 5.55. The van der Waals surface area contributed by atoms with E-state index in [0.717, 1.165) is 28.1 Å². The Labute approximate surface area is 136 Å². The van der Waals surface area contributed by atoms with E-state index < -0.39 is 0 Å². The maximum atomic E-state index is 9.81. The number of nitrogens with zero attached hydrogens (tertiary/aromatic N) is 1. The average molecular weight is 308 g/mol. The molecule has 0 aliphatic carbocycles. The van der Waals surface area contributed by atoms with Crippen molar-refractivity contribution in [2.45, 2.75) is 13.0 Å². The minimum absolute atomic E-state index is 0.00935. The lowest BCUT2D eigenvalue weighted by Gasteiger charge is -2.21. The maximum absolute atomic E-state index is 9.81. The quantitative estimate of drug-likeness (QED) is 0.883. The third-order valence-corrected chi connectivity index (χ3v) is 4.10. The molecule has 2 N–H and O–H groups in total. The number of aromatic hydroxyl groups is 1. The number of para-hydroxylation sites is 1.